The molecule has 2 rings (SSSR count). The topological polar surface area (TPSA) is 39.9 Å². The van der Waals surface area contributed by atoms with E-state index in [-0.39, 0.29) is 0 Å². The van der Waals surface area contributed by atoms with Crippen molar-refractivity contribution >= 4 is 5.69 Å². The Kier molecular flexibility index (Phi) is 3.40. The highest BCUT2D eigenvalue weighted by atomic mass is 15.2. The molecule has 0 aromatic carbocycles. The largest absolute Gasteiger partial charge is 0.368 e. The number of hydrogen-bond acceptors (Lipinski definition) is 3. The van der Waals surface area contributed by atoms with E-state index in [1.54, 1.807) is 6.07 Å². The lowest BCUT2D eigenvalue weighted by Crippen LogP contribution is -2.32. The first-order valence-corrected chi connectivity index (χ1v) is 5.94. The minimum atomic E-state index is 0.492. The van der Waals surface area contributed by atoms with E-state index in [4.69, 9.17) is 5.26 Å². The predicted molar refractivity (Wildman–Crippen MR) is 64.2 cm³/mol. The SMILES string of the molecule is CC1CCCCCN1c1ccc(C#N)nc1. The maximum atomic E-state index is 8.71. The second kappa shape index (κ2) is 4.98. The Bertz CT molecular complexity index is 377. The highest BCUT2D eigenvalue weighted by Gasteiger charge is 2.17. The van der Waals surface area contributed by atoms with Crippen LogP contribution in [0, 0.1) is 11.3 Å². The highest BCUT2D eigenvalue weighted by molar-refractivity contribution is 5.46. The number of hydrogen-bond donors (Lipinski definition) is 0. The summed E-state index contributed by atoms with van der Waals surface area (Å²) in [5, 5.41) is 8.71. The first kappa shape index (κ1) is 10.9. The number of aromatic nitrogens is 1. The van der Waals surface area contributed by atoms with Gasteiger partial charge in [-0.25, -0.2) is 4.98 Å². The average molecular weight is 215 g/mol. The van der Waals surface area contributed by atoms with Crippen LogP contribution in [-0.2, 0) is 0 Å². The Morgan fingerprint density at radius 3 is 2.94 bits per heavy atom. The molecule has 1 saturated heterocycles. The zero-order valence-electron chi connectivity index (χ0n) is 9.69. The van der Waals surface area contributed by atoms with Gasteiger partial charge in [0.05, 0.1) is 11.9 Å². The quantitative estimate of drug-likeness (QED) is 0.723. The van der Waals surface area contributed by atoms with Crippen LogP contribution in [0.15, 0.2) is 18.3 Å². The number of nitrogens with zero attached hydrogens (tertiary/aromatic N) is 3. The third kappa shape index (κ3) is 2.33. The molecular formula is C13H17N3. The number of pyridine rings is 1. The van der Waals surface area contributed by atoms with Crippen LogP contribution in [0.4, 0.5) is 5.69 Å². The van der Waals surface area contributed by atoms with Gasteiger partial charge in [0.15, 0.2) is 0 Å². The van der Waals surface area contributed by atoms with Gasteiger partial charge in [0.2, 0.25) is 0 Å². The van der Waals surface area contributed by atoms with E-state index in [0.717, 1.165) is 12.2 Å². The molecule has 1 atom stereocenters. The minimum Gasteiger partial charge on any atom is -0.368 e. The summed E-state index contributed by atoms with van der Waals surface area (Å²) in [5.74, 6) is 0. The van der Waals surface area contributed by atoms with Crippen LogP contribution in [0.5, 0.6) is 0 Å². The summed E-state index contributed by atoms with van der Waals surface area (Å²) in [6.07, 6.45) is 6.97. The van der Waals surface area contributed by atoms with E-state index in [1.807, 2.05) is 12.3 Å². The van der Waals surface area contributed by atoms with Crippen LogP contribution in [-0.4, -0.2) is 17.6 Å². The van der Waals surface area contributed by atoms with Crippen molar-refractivity contribution in [3.8, 4) is 6.07 Å². The molecule has 0 aliphatic carbocycles. The van der Waals surface area contributed by atoms with Crippen LogP contribution in [0.2, 0.25) is 0 Å². The summed E-state index contributed by atoms with van der Waals surface area (Å²) in [5.41, 5.74) is 1.64. The third-order valence-electron chi connectivity index (χ3n) is 3.25. The van der Waals surface area contributed by atoms with E-state index in [9.17, 15) is 0 Å². The molecule has 1 aromatic rings. The van der Waals surface area contributed by atoms with E-state index in [0.29, 0.717) is 11.7 Å². The molecule has 3 heteroatoms. The van der Waals surface area contributed by atoms with Crippen LogP contribution >= 0.6 is 0 Å². The van der Waals surface area contributed by atoms with Crippen LogP contribution in [0.1, 0.15) is 38.3 Å². The van der Waals surface area contributed by atoms with Crippen molar-refractivity contribution in [3.63, 3.8) is 0 Å². The van der Waals surface area contributed by atoms with E-state index in [2.05, 4.69) is 22.9 Å². The highest BCUT2D eigenvalue weighted by Crippen LogP contribution is 2.23. The van der Waals surface area contributed by atoms with Gasteiger partial charge in [-0.05, 0) is 31.9 Å². The Morgan fingerprint density at radius 1 is 1.38 bits per heavy atom. The first-order chi connectivity index (χ1) is 7.81. The van der Waals surface area contributed by atoms with Crippen LogP contribution in [0.3, 0.4) is 0 Å². The summed E-state index contributed by atoms with van der Waals surface area (Å²) in [6, 6.07) is 6.44. The molecular weight excluding hydrogens is 198 g/mol. The molecule has 1 aliphatic heterocycles. The monoisotopic (exact) mass is 215 g/mol. The zero-order valence-corrected chi connectivity index (χ0v) is 9.69. The molecule has 0 saturated carbocycles. The second-order valence-corrected chi connectivity index (χ2v) is 4.41. The van der Waals surface area contributed by atoms with E-state index in [1.165, 1.54) is 25.7 Å². The summed E-state index contributed by atoms with van der Waals surface area (Å²) in [6.45, 7) is 3.37. The van der Waals surface area contributed by atoms with E-state index >= 15 is 0 Å². The summed E-state index contributed by atoms with van der Waals surface area (Å²) < 4.78 is 0. The molecule has 0 bridgehead atoms. The molecule has 1 aliphatic rings. The van der Waals surface area contributed by atoms with Gasteiger partial charge in [-0.2, -0.15) is 5.26 Å². The van der Waals surface area contributed by atoms with Crippen molar-refractivity contribution in [1.29, 1.82) is 5.26 Å². The lowest BCUT2D eigenvalue weighted by molar-refractivity contribution is 0.615. The van der Waals surface area contributed by atoms with Crippen LogP contribution in [0.25, 0.3) is 0 Å². The molecule has 0 amide bonds. The molecule has 84 valence electrons. The summed E-state index contributed by atoms with van der Waals surface area (Å²) in [4.78, 5) is 6.54. The molecule has 0 radical (unpaired) electrons. The van der Waals surface area contributed by atoms with Crippen molar-refractivity contribution in [1.82, 2.24) is 4.98 Å². The van der Waals surface area contributed by atoms with Gasteiger partial charge >= 0.3 is 0 Å². The molecule has 2 heterocycles. The summed E-state index contributed by atoms with van der Waals surface area (Å²) >= 11 is 0. The van der Waals surface area contributed by atoms with Crippen LogP contribution < -0.4 is 4.90 Å². The molecule has 1 aromatic heterocycles. The van der Waals surface area contributed by atoms with Gasteiger partial charge in [0, 0.05) is 12.6 Å². The fourth-order valence-electron chi connectivity index (χ4n) is 2.28. The lowest BCUT2D eigenvalue weighted by Gasteiger charge is -2.29. The predicted octanol–water partition coefficient (Wildman–Crippen LogP) is 2.72. The number of anilines is 1. The lowest BCUT2D eigenvalue weighted by atomic mass is 10.1. The summed E-state index contributed by atoms with van der Waals surface area (Å²) in [7, 11) is 0. The van der Waals surface area contributed by atoms with Crippen molar-refractivity contribution in [2.24, 2.45) is 0 Å². The first-order valence-electron chi connectivity index (χ1n) is 5.94. The number of rotatable bonds is 1. The van der Waals surface area contributed by atoms with Gasteiger partial charge in [-0.15, -0.1) is 0 Å². The van der Waals surface area contributed by atoms with Gasteiger partial charge < -0.3 is 4.90 Å². The van der Waals surface area contributed by atoms with Crippen molar-refractivity contribution in [2.75, 3.05) is 11.4 Å². The molecule has 16 heavy (non-hydrogen) atoms. The Hall–Kier alpha value is -1.56. The maximum Gasteiger partial charge on any atom is 0.140 e. The normalized spacial score (nSPS) is 21.2. The molecule has 0 N–H and O–H groups in total. The minimum absolute atomic E-state index is 0.492. The Labute approximate surface area is 96.7 Å². The second-order valence-electron chi connectivity index (χ2n) is 4.41. The van der Waals surface area contributed by atoms with Gasteiger partial charge in [-0.1, -0.05) is 12.8 Å². The Morgan fingerprint density at radius 2 is 2.25 bits per heavy atom. The average Bonchev–Trinajstić information content (AvgIpc) is 2.54. The smallest absolute Gasteiger partial charge is 0.140 e. The number of nitriles is 1. The fourth-order valence-corrected chi connectivity index (χ4v) is 2.28. The third-order valence-corrected chi connectivity index (χ3v) is 3.25. The van der Waals surface area contributed by atoms with Crippen molar-refractivity contribution in [3.05, 3.63) is 24.0 Å². The zero-order chi connectivity index (χ0) is 11.4. The van der Waals surface area contributed by atoms with Crippen molar-refractivity contribution < 1.29 is 0 Å². The Balaban J connectivity index is 2.18. The van der Waals surface area contributed by atoms with Gasteiger partial charge in [0.25, 0.3) is 0 Å². The van der Waals surface area contributed by atoms with Gasteiger partial charge in [0.1, 0.15) is 11.8 Å². The fraction of sp³-hybridized carbons (Fsp3) is 0.538. The molecule has 1 fully saturated rings. The maximum absolute atomic E-state index is 8.71. The standard InChI is InChI=1S/C13H17N3/c1-11-5-3-2-4-8-16(11)13-7-6-12(9-14)15-10-13/h6-7,10-11H,2-5,8H2,1H3. The van der Waals surface area contributed by atoms with Crippen molar-refractivity contribution in [2.45, 2.75) is 38.6 Å². The van der Waals surface area contributed by atoms with Gasteiger partial charge in [-0.3, -0.25) is 0 Å². The molecule has 3 nitrogen and oxygen atoms in total. The molecule has 0 spiro atoms. The van der Waals surface area contributed by atoms with E-state index < -0.39 is 0 Å². The molecule has 1 unspecified atom stereocenters.